The Kier molecular flexibility index (Phi) is 2.63. The van der Waals surface area contributed by atoms with E-state index in [2.05, 4.69) is 15.0 Å². The molecule has 1 aromatic carbocycles. The Hall–Kier alpha value is -2.49. The van der Waals surface area contributed by atoms with Crippen molar-refractivity contribution in [1.82, 2.24) is 15.0 Å². The summed E-state index contributed by atoms with van der Waals surface area (Å²) in [5.41, 5.74) is 2.11. The van der Waals surface area contributed by atoms with Crippen LogP contribution in [0.4, 0.5) is 0 Å². The van der Waals surface area contributed by atoms with Gasteiger partial charge < -0.3 is 4.98 Å². The Morgan fingerprint density at radius 3 is 2.74 bits per heavy atom. The van der Waals surface area contributed by atoms with Gasteiger partial charge in [-0.05, 0) is 19.2 Å². The number of hydrogen-bond acceptors (Lipinski definition) is 3. The summed E-state index contributed by atoms with van der Waals surface area (Å²) in [6.07, 6.45) is 3.57. The fourth-order valence-electron chi connectivity index (χ4n) is 2.21. The largest absolute Gasteiger partial charge is 0.311 e. The summed E-state index contributed by atoms with van der Waals surface area (Å²) < 4.78 is 0. The third-order valence-corrected chi connectivity index (χ3v) is 3.19. The minimum atomic E-state index is -0.101. The Morgan fingerprint density at radius 2 is 1.89 bits per heavy atom. The molecule has 0 aliphatic rings. The number of nitrogens with one attached hydrogen (secondary N) is 1. The van der Waals surface area contributed by atoms with Crippen LogP contribution in [-0.4, -0.2) is 15.0 Å². The zero-order valence-electron chi connectivity index (χ0n) is 10.8. The second-order valence-corrected chi connectivity index (χ2v) is 4.53. The van der Waals surface area contributed by atoms with Crippen molar-refractivity contribution in [2.24, 2.45) is 0 Å². The lowest BCUT2D eigenvalue weighted by Crippen LogP contribution is -2.14. The molecule has 0 saturated heterocycles. The maximum absolute atomic E-state index is 11.9. The second-order valence-electron chi connectivity index (χ2n) is 4.53. The third kappa shape index (κ3) is 1.91. The maximum atomic E-state index is 11.9. The summed E-state index contributed by atoms with van der Waals surface area (Å²) in [5, 5.41) is 2.09. The molecule has 0 aliphatic carbocycles. The summed E-state index contributed by atoms with van der Waals surface area (Å²) >= 11 is 0. The number of benzene rings is 1. The minimum Gasteiger partial charge on any atom is -0.311 e. The van der Waals surface area contributed by atoms with E-state index in [9.17, 15) is 4.79 Å². The molecule has 4 nitrogen and oxygen atoms in total. The fraction of sp³-hybridized carbons (Fsp3) is 0.133. The van der Waals surface area contributed by atoms with Crippen LogP contribution in [0.3, 0.4) is 0 Å². The number of rotatable bonds is 1. The molecule has 0 unspecified atom stereocenters. The summed E-state index contributed by atoms with van der Waals surface area (Å²) in [6, 6.07) is 7.96. The predicted molar refractivity (Wildman–Crippen MR) is 75.1 cm³/mol. The molecule has 0 saturated carbocycles. The van der Waals surface area contributed by atoms with Crippen molar-refractivity contribution in [3.63, 3.8) is 0 Å². The molecule has 3 aromatic rings. The van der Waals surface area contributed by atoms with Gasteiger partial charge in [0.1, 0.15) is 5.82 Å². The number of H-pyrrole nitrogens is 1. The first kappa shape index (κ1) is 11.6. The molecule has 0 atom stereocenters. The number of nitrogens with zero attached hydrogens (tertiary/aromatic N) is 2. The van der Waals surface area contributed by atoms with E-state index in [1.54, 1.807) is 20.0 Å². The van der Waals surface area contributed by atoms with Crippen molar-refractivity contribution in [2.75, 3.05) is 0 Å². The van der Waals surface area contributed by atoms with Crippen molar-refractivity contribution in [3.05, 3.63) is 58.4 Å². The van der Waals surface area contributed by atoms with Gasteiger partial charge in [-0.15, -0.1) is 0 Å². The highest BCUT2D eigenvalue weighted by molar-refractivity contribution is 5.95. The molecule has 0 bridgehead atoms. The zero-order chi connectivity index (χ0) is 13.4. The smallest absolute Gasteiger partial charge is 0.254 e. The summed E-state index contributed by atoms with van der Waals surface area (Å²) in [5.74, 6) is 0.610. The highest BCUT2D eigenvalue weighted by Gasteiger charge is 2.11. The van der Waals surface area contributed by atoms with E-state index in [1.165, 1.54) is 0 Å². The molecule has 4 heteroatoms. The van der Waals surface area contributed by atoms with Gasteiger partial charge in [0.05, 0.1) is 5.69 Å². The Labute approximate surface area is 110 Å². The van der Waals surface area contributed by atoms with Crippen LogP contribution in [0.5, 0.6) is 0 Å². The SMILES string of the molecule is Cc1nc(-c2cncc3ccccc23)c(C)c(=O)[nH]1. The maximum Gasteiger partial charge on any atom is 0.254 e. The van der Waals surface area contributed by atoms with Crippen molar-refractivity contribution in [1.29, 1.82) is 0 Å². The predicted octanol–water partition coefficient (Wildman–Crippen LogP) is 2.60. The summed E-state index contributed by atoms with van der Waals surface area (Å²) in [6.45, 7) is 3.56. The Bertz CT molecular complexity index is 816. The fourth-order valence-corrected chi connectivity index (χ4v) is 2.21. The van der Waals surface area contributed by atoms with Gasteiger partial charge in [-0.25, -0.2) is 4.98 Å². The molecular weight excluding hydrogens is 238 g/mol. The second kappa shape index (κ2) is 4.31. The lowest BCUT2D eigenvalue weighted by molar-refractivity contribution is 0.999. The van der Waals surface area contributed by atoms with Gasteiger partial charge in [-0.2, -0.15) is 0 Å². The van der Waals surface area contributed by atoms with Crippen molar-refractivity contribution in [2.45, 2.75) is 13.8 Å². The van der Waals surface area contributed by atoms with Gasteiger partial charge in [0.2, 0.25) is 0 Å². The number of aryl methyl sites for hydroxylation is 1. The number of hydrogen-bond donors (Lipinski definition) is 1. The molecule has 94 valence electrons. The van der Waals surface area contributed by atoms with Crippen LogP contribution in [0.2, 0.25) is 0 Å². The summed E-state index contributed by atoms with van der Waals surface area (Å²) in [4.78, 5) is 23.3. The van der Waals surface area contributed by atoms with E-state index >= 15 is 0 Å². The van der Waals surface area contributed by atoms with Gasteiger partial charge in [0.25, 0.3) is 5.56 Å². The van der Waals surface area contributed by atoms with Gasteiger partial charge in [0.15, 0.2) is 0 Å². The van der Waals surface area contributed by atoms with E-state index in [0.717, 1.165) is 16.3 Å². The number of fused-ring (bicyclic) bond motifs is 1. The van der Waals surface area contributed by atoms with E-state index in [0.29, 0.717) is 17.1 Å². The van der Waals surface area contributed by atoms with E-state index < -0.39 is 0 Å². The van der Waals surface area contributed by atoms with Gasteiger partial charge in [0, 0.05) is 28.9 Å². The molecule has 0 amide bonds. The first-order valence-electron chi connectivity index (χ1n) is 6.07. The average molecular weight is 251 g/mol. The lowest BCUT2D eigenvalue weighted by atomic mass is 10.0. The quantitative estimate of drug-likeness (QED) is 0.723. The third-order valence-electron chi connectivity index (χ3n) is 3.19. The van der Waals surface area contributed by atoms with E-state index in [1.807, 2.05) is 30.5 Å². The normalized spacial score (nSPS) is 10.8. The molecule has 0 radical (unpaired) electrons. The zero-order valence-corrected chi connectivity index (χ0v) is 10.8. The molecular formula is C15H13N3O. The highest BCUT2D eigenvalue weighted by atomic mass is 16.1. The van der Waals surface area contributed by atoms with Crippen molar-refractivity contribution >= 4 is 10.8 Å². The van der Waals surface area contributed by atoms with Crippen LogP contribution in [0.25, 0.3) is 22.0 Å². The first-order valence-corrected chi connectivity index (χ1v) is 6.07. The Balaban J connectivity index is 2.40. The monoisotopic (exact) mass is 251 g/mol. The lowest BCUT2D eigenvalue weighted by Gasteiger charge is -2.08. The van der Waals surface area contributed by atoms with Crippen LogP contribution in [0.1, 0.15) is 11.4 Å². The van der Waals surface area contributed by atoms with Crippen LogP contribution in [0, 0.1) is 13.8 Å². The molecule has 0 aliphatic heterocycles. The Morgan fingerprint density at radius 1 is 1.11 bits per heavy atom. The molecule has 19 heavy (non-hydrogen) atoms. The highest BCUT2D eigenvalue weighted by Crippen LogP contribution is 2.26. The standard InChI is InChI=1S/C15H13N3O/c1-9-14(17-10(2)18-15(9)19)13-8-16-7-11-5-3-4-6-12(11)13/h3-8H,1-2H3,(H,17,18,19). The molecule has 0 spiro atoms. The van der Waals surface area contributed by atoms with E-state index in [-0.39, 0.29) is 5.56 Å². The van der Waals surface area contributed by atoms with Crippen LogP contribution < -0.4 is 5.56 Å². The first-order chi connectivity index (χ1) is 9.16. The van der Waals surface area contributed by atoms with Crippen molar-refractivity contribution < 1.29 is 0 Å². The number of aromatic nitrogens is 3. The van der Waals surface area contributed by atoms with Gasteiger partial charge in [-0.3, -0.25) is 9.78 Å². The van der Waals surface area contributed by atoms with Crippen LogP contribution in [-0.2, 0) is 0 Å². The number of pyridine rings is 1. The topological polar surface area (TPSA) is 58.6 Å². The van der Waals surface area contributed by atoms with Crippen molar-refractivity contribution in [3.8, 4) is 11.3 Å². The molecule has 1 N–H and O–H groups in total. The van der Waals surface area contributed by atoms with E-state index in [4.69, 9.17) is 0 Å². The molecule has 0 fully saturated rings. The van der Waals surface area contributed by atoms with Gasteiger partial charge in [-0.1, -0.05) is 24.3 Å². The van der Waals surface area contributed by atoms with Crippen LogP contribution >= 0.6 is 0 Å². The average Bonchev–Trinajstić information content (AvgIpc) is 2.42. The van der Waals surface area contributed by atoms with Gasteiger partial charge >= 0.3 is 0 Å². The minimum absolute atomic E-state index is 0.101. The number of aromatic amines is 1. The molecule has 3 rings (SSSR count). The molecule has 2 heterocycles. The summed E-state index contributed by atoms with van der Waals surface area (Å²) in [7, 11) is 0. The van der Waals surface area contributed by atoms with Crippen LogP contribution in [0.15, 0.2) is 41.5 Å². The molecule has 2 aromatic heterocycles.